The lowest BCUT2D eigenvalue weighted by molar-refractivity contribution is -0.111. The largest absolute Gasteiger partial charge is 0.378 e. The first-order valence-corrected chi connectivity index (χ1v) is 11.2. The smallest absolute Gasteiger partial charge is 0.258 e. The molecule has 1 fully saturated rings. The molecule has 2 amide bonds. The van der Waals surface area contributed by atoms with Gasteiger partial charge in [0.15, 0.2) is 0 Å². The Kier molecular flexibility index (Phi) is 7.34. The molecule has 0 unspecified atom stereocenters. The van der Waals surface area contributed by atoms with Crippen molar-refractivity contribution in [2.75, 3.05) is 48.5 Å². The minimum Gasteiger partial charge on any atom is -0.378 e. The van der Waals surface area contributed by atoms with Crippen LogP contribution in [0.5, 0.6) is 0 Å². The lowest BCUT2D eigenvalue weighted by atomic mass is 10.1. The molecule has 0 bridgehead atoms. The fourth-order valence-electron chi connectivity index (χ4n) is 3.73. The molecule has 1 N–H and O–H groups in total. The summed E-state index contributed by atoms with van der Waals surface area (Å²) in [4.78, 5) is 33.4. The normalized spacial score (nSPS) is 13.6. The van der Waals surface area contributed by atoms with Gasteiger partial charge in [-0.05, 0) is 55.0 Å². The first-order valence-electron chi connectivity index (χ1n) is 11.2. The molecule has 0 radical (unpaired) electrons. The van der Waals surface area contributed by atoms with Crippen LogP contribution in [0.4, 0.5) is 17.2 Å². The summed E-state index contributed by atoms with van der Waals surface area (Å²) in [5.41, 5.74) is 4.24. The number of carbonyl (C=O) groups excluding carboxylic acids is 2. The Bertz CT molecular complexity index is 1180. The van der Waals surface area contributed by atoms with Gasteiger partial charge in [-0.25, -0.2) is 4.98 Å². The van der Waals surface area contributed by atoms with E-state index in [1.807, 2.05) is 55.5 Å². The van der Waals surface area contributed by atoms with Gasteiger partial charge in [-0.2, -0.15) is 0 Å². The Balaban J connectivity index is 1.37. The van der Waals surface area contributed by atoms with E-state index >= 15 is 0 Å². The zero-order chi connectivity index (χ0) is 23.9. The first kappa shape index (κ1) is 23.2. The highest BCUT2D eigenvalue weighted by Crippen LogP contribution is 2.19. The Hall–Kier alpha value is -3.97. The topological polar surface area (TPSA) is 74.8 Å². The lowest BCUT2D eigenvalue weighted by Crippen LogP contribution is -2.36. The van der Waals surface area contributed by atoms with Crippen molar-refractivity contribution in [1.29, 1.82) is 0 Å². The molecule has 1 aromatic heterocycles. The molecule has 4 rings (SSSR count). The van der Waals surface area contributed by atoms with Crippen LogP contribution in [0.25, 0.3) is 6.08 Å². The minimum absolute atomic E-state index is 0.0887. The van der Waals surface area contributed by atoms with Crippen LogP contribution >= 0.6 is 0 Å². The Morgan fingerprint density at radius 3 is 2.59 bits per heavy atom. The summed E-state index contributed by atoms with van der Waals surface area (Å²) >= 11 is 0. The number of aryl methyl sites for hydroxylation is 1. The molecule has 1 aliphatic heterocycles. The number of aromatic nitrogens is 1. The molecule has 174 valence electrons. The zero-order valence-corrected chi connectivity index (χ0v) is 19.4. The van der Waals surface area contributed by atoms with Gasteiger partial charge in [0, 0.05) is 37.5 Å². The quantitative estimate of drug-likeness (QED) is 0.564. The monoisotopic (exact) mass is 456 g/mol. The van der Waals surface area contributed by atoms with Crippen molar-refractivity contribution in [1.82, 2.24) is 4.98 Å². The number of morpholine rings is 1. The van der Waals surface area contributed by atoms with E-state index in [-0.39, 0.29) is 11.8 Å². The fraction of sp³-hybridized carbons (Fsp3) is 0.222. The highest BCUT2D eigenvalue weighted by molar-refractivity contribution is 6.06. The number of anilines is 3. The predicted molar refractivity (Wildman–Crippen MR) is 135 cm³/mol. The van der Waals surface area contributed by atoms with Crippen LogP contribution in [0.15, 0.2) is 72.9 Å². The summed E-state index contributed by atoms with van der Waals surface area (Å²) in [6.07, 6.45) is 4.93. The standard InChI is InChI=1S/C27H28N4O3/c1-20-5-3-7-22(17-20)27(33)30(2)23-8-4-6-21(18-23)9-12-26(32)29-25-11-10-24(19-28-25)31-13-15-34-16-14-31/h3-12,17-19H,13-16H2,1-2H3,(H,28,29,32)/b12-9+. The summed E-state index contributed by atoms with van der Waals surface area (Å²) in [7, 11) is 1.74. The number of pyridine rings is 1. The van der Waals surface area contributed by atoms with E-state index in [9.17, 15) is 9.59 Å². The highest BCUT2D eigenvalue weighted by atomic mass is 16.5. The van der Waals surface area contributed by atoms with Crippen LogP contribution in [0.2, 0.25) is 0 Å². The molecule has 7 heteroatoms. The fourth-order valence-corrected chi connectivity index (χ4v) is 3.73. The highest BCUT2D eigenvalue weighted by Gasteiger charge is 2.14. The number of amides is 2. The summed E-state index contributed by atoms with van der Waals surface area (Å²) < 4.78 is 5.37. The van der Waals surface area contributed by atoms with Crippen molar-refractivity contribution < 1.29 is 14.3 Å². The molecule has 2 aromatic carbocycles. The Morgan fingerprint density at radius 2 is 1.85 bits per heavy atom. The van der Waals surface area contributed by atoms with E-state index in [4.69, 9.17) is 4.74 Å². The van der Waals surface area contributed by atoms with Gasteiger partial charge in [0.1, 0.15) is 5.82 Å². The average molecular weight is 457 g/mol. The van der Waals surface area contributed by atoms with Crippen molar-refractivity contribution in [2.45, 2.75) is 6.92 Å². The predicted octanol–water partition coefficient (Wildman–Crippen LogP) is 4.16. The molecule has 0 atom stereocenters. The third kappa shape index (κ3) is 5.88. The SMILES string of the molecule is Cc1cccc(C(=O)N(C)c2cccc(/C=C/C(=O)Nc3ccc(N4CCOCC4)cn3)c2)c1. The number of hydrogen-bond acceptors (Lipinski definition) is 5. The van der Waals surface area contributed by atoms with Crippen LogP contribution in [-0.4, -0.2) is 50.1 Å². The Morgan fingerprint density at radius 1 is 1.06 bits per heavy atom. The molecule has 1 aliphatic rings. The van der Waals surface area contributed by atoms with Crippen LogP contribution in [0, 0.1) is 6.92 Å². The number of rotatable bonds is 6. The number of benzene rings is 2. The molecule has 1 saturated heterocycles. The summed E-state index contributed by atoms with van der Waals surface area (Å²) in [6.45, 7) is 5.05. The van der Waals surface area contributed by atoms with Crippen LogP contribution in [-0.2, 0) is 9.53 Å². The average Bonchev–Trinajstić information content (AvgIpc) is 2.88. The van der Waals surface area contributed by atoms with Crippen LogP contribution in [0.3, 0.4) is 0 Å². The number of ether oxygens (including phenoxy) is 1. The molecule has 3 aromatic rings. The third-order valence-corrected chi connectivity index (χ3v) is 5.63. The molecule has 2 heterocycles. The van der Waals surface area contributed by atoms with E-state index in [0.717, 1.165) is 35.6 Å². The van der Waals surface area contributed by atoms with Crippen molar-refractivity contribution in [2.24, 2.45) is 0 Å². The van der Waals surface area contributed by atoms with Crippen molar-refractivity contribution in [3.63, 3.8) is 0 Å². The second kappa shape index (κ2) is 10.8. The van der Waals surface area contributed by atoms with Gasteiger partial charge in [-0.1, -0.05) is 29.8 Å². The third-order valence-electron chi connectivity index (χ3n) is 5.63. The Labute approximate surface area is 199 Å². The van der Waals surface area contributed by atoms with Crippen molar-refractivity contribution in [3.05, 3.63) is 89.6 Å². The lowest BCUT2D eigenvalue weighted by Gasteiger charge is -2.28. The minimum atomic E-state index is -0.277. The maximum atomic E-state index is 12.8. The second-order valence-corrected chi connectivity index (χ2v) is 8.15. The summed E-state index contributed by atoms with van der Waals surface area (Å²) in [5.74, 6) is 0.124. The van der Waals surface area contributed by atoms with Gasteiger partial charge in [0.2, 0.25) is 5.91 Å². The molecule has 0 spiro atoms. The number of nitrogens with zero attached hydrogens (tertiary/aromatic N) is 3. The van der Waals surface area contributed by atoms with Crippen molar-refractivity contribution >= 4 is 35.1 Å². The second-order valence-electron chi connectivity index (χ2n) is 8.15. The maximum absolute atomic E-state index is 12.8. The molecule has 34 heavy (non-hydrogen) atoms. The van der Waals surface area contributed by atoms with Crippen LogP contribution < -0.4 is 15.1 Å². The van der Waals surface area contributed by atoms with Gasteiger partial charge in [-0.15, -0.1) is 0 Å². The van der Waals surface area contributed by atoms with Gasteiger partial charge in [-0.3, -0.25) is 9.59 Å². The van der Waals surface area contributed by atoms with Gasteiger partial charge < -0.3 is 19.9 Å². The molecule has 0 aliphatic carbocycles. The summed E-state index contributed by atoms with van der Waals surface area (Å²) in [5, 5.41) is 2.78. The summed E-state index contributed by atoms with van der Waals surface area (Å²) in [6, 6.07) is 18.7. The van der Waals surface area contributed by atoms with Gasteiger partial charge in [0.05, 0.1) is 25.1 Å². The van der Waals surface area contributed by atoms with E-state index in [0.29, 0.717) is 24.6 Å². The van der Waals surface area contributed by atoms with Gasteiger partial charge in [0.25, 0.3) is 5.91 Å². The number of hydrogen-bond donors (Lipinski definition) is 1. The van der Waals surface area contributed by atoms with Gasteiger partial charge >= 0.3 is 0 Å². The molecule has 7 nitrogen and oxygen atoms in total. The molecular formula is C27H28N4O3. The zero-order valence-electron chi connectivity index (χ0n) is 19.4. The first-order chi connectivity index (χ1) is 16.5. The number of carbonyl (C=O) groups is 2. The van der Waals surface area contributed by atoms with E-state index < -0.39 is 0 Å². The number of nitrogens with one attached hydrogen (secondary N) is 1. The molecule has 0 saturated carbocycles. The molecular weight excluding hydrogens is 428 g/mol. The van der Waals surface area contributed by atoms with E-state index in [1.165, 1.54) is 6.08 Å². The van der Waals surface area contributed by atoms with Crippen molar-refractivity contribution in [3.8, 4) is 0 Å². The van der Waals surface area contributed by atoms with E-state index in [2.05, 4.69) is 15.2 Å². The maximum Gasteiger partial charge on any atom is 0.258 e. The van der Waals surface area contributed by atoms with E-state index in [1.54, 1.807) is 36.4 Å². The van der Waals surface area contributed by atoms with Crippen LogP contribution in [0.1, 0.15) is 21.5 Å².